The second-order valence-corrected chi connectivity index (χ2v) is 8.88. The van der Waals surface area contributed by atoms with Crippen LogP contribution < -0.4 is 10.1 Å². The SMILES string of the molecule is COc1ccc(C)cc1S(=O)(=O)N1CCC[C@H](C(=O)Nc2cc(F)ccc2F)C1. The summed E-state index contributed by atoms with van der Waals surface area (Å²) in [4.78, 5) is 12.6. The van der Waals surface area contributed by atoms with E-state index in [9.17, 15) is 22.0 Å². The van der Waals surface area contributed by atoms with E-state index in [1.54, 1.807) is 19.1 Å². The minimum atomic E-state index is -3.89. The zero-order valence-electron chi connectivity index (χ0n) is 16.1. The molecule has 1 heterocycles. The van der Waals surface area contributed by atoms with Crippen molar-refractivity contribution in [2.24, 2.45) is 5.92 Å². The maximum absolute atomic E-state index is 13.8. The van der Waals surface area contributed by atoms with E-state index in [1.807, 2.05) is 0 Å². The summed E-state index contributed by atoms with van der Waals surface area (Å²) in [7, 11) is -2.49. The summed E-state index contributed by atoms with van der Waals surface area (Å²) in [6.45, 7) is 1.98. The molecule has 1 amide bonds. The molecule has 0 unspecified atom stereocenters. The highest BCUT2D eigenvalue weighted by Gasteiger charge is 2.35. The number of hydrogen-bond acceptors (Lipinski definition) is 4. The maximum Gasteiger partial charge on any atom is 0.246 e. The van der Waals surface area contributed by atoms with Gasteiger partial charge in [0, 0.05) is 19.2 Å². The summed E-state index contributed by atoms with van der Waals surface area (Å²) in [5.41, 5.74) is 0.493. The van der Waals surface area contributed by atoms with E-state index in [0.717, 1.165) is 23.8 Å². The number of rotatable bonds is 5. The minimum Gasteiger partial charge on any atom is -0.495 e. The Morgan fingerprint density at radius 2 is 1.97 bits per heavy atom. The Morgan fingerprint density at radius 1 is 1.21 bits per heavy atom. The zero-order chi connectivity index (χ0) is 21.2. The third-order valence-corrected chi connectivity index (χ3v) is 6.76. The van der Waals surface area contributed by atoms with Crippen molar-refractivity contribution in [1.82, 2.24) is 4.31 Å². The number of nitrogens with zero attached hydrogens (tertiary/aromatic N) is 1. The van der Waals surface area contributed by atoms with Crippen LogP contribution in [-0.4, -0.2) is 38.8 Å². The van der Waals surface area contributed by atoms with E-state index in [1.165, 1.54) is 17.5 Å². The first kappa shape index (κ1) is 21.2. The van der Waals surface area contributed by atoms with Gasteiger partial charge in [0.1, 0.15) is 22.3 Å². The lowest BCUT2D eigenvalue weighted by Crippen LogP contribution is -2.43. The van der Waals surface area contributed by atoms with Crippen molar-refractivity contribution in [2.45, 2.75) is 24.7 Å². The molecule has 29 heavy (non-hydrogen) atoms. The molecular formula is C20H22F2N2O4S. The van der Waals surface area contributed by atoms with E-state index in [2.05, 4.69) is 5.32 Å². The summed E-state index contributed by atoms with van der Waals surface area (Å²) in [6, 6.07) is 7.63. The van der Waals surface area contributed by atoms with Crippen LogP contribution in [0.2, 0.25) is 0 Å². The average Bonchev–Trinajstić information content (AvgIpc) is 2.70. The molecule has 0 spiro atoms. The van der Waals surface area contributed by atoms with Gasteiger partial charge in [-0.3, -0.25) is 4.79 Å². The number of halogens is 2. The van der Waals surface area contributed by atoms with Crippen LogP contribution in [0.15, 0.2) is 41.3 Å². The van der Waals surface area contributed by atoms with Crippen molar-refractivity contribution >= 4 is 21.6 Å². The predicted molar refractivity (Wildman–Crippen MR) is 104 cm³/mol. The van der Waals surface area contributed by atoms with Crippen molar-refractivity contribution in [3.63, 3.8) is 0 Å². The second kappa shape index (κ2) is 8.46. The van der Waals surface area contributed by atoms with Crippen molar-refractivity contribution in [2.75, 3.05) is 25.5 Å². The molecule has 3 rings (SSSR count). The highest BCUT2D eigenvalue weighted by molar-refractivity contribution is 7.89. The second-order valence-electron chi connectivity index (χ2n) is 6.97. The van der Waals surface area contributed by atoms with Gasteiger partial charge >= 0.3 is 0 Å². The largest absolute Gasteiger partial charge is 0.495 e. The summed E-state index contributed by atoms with van der Waals surface area (Å²) in [5.74, 6) is -2.45. The van der Waals surface area contributed by atoms with Crippen molar-refractivity contribution in [1.29, 1.82) is 0 Å². The first-order chi connectivity index (χ1) is 13.7. The van der Waals surface area contributed by atoms with E-state index in [0.29, 0.717) is 12.8 Å². The molecule has 2 aromatic rings. The van der Waals surface area contributed by atoms with Gasteiger partial charge in [-0.2, -0.15) is 4.31 Å². The molecule has 156 valence electrons. The number of piperidine rings is 1. The fourth-order valence-electron chi connectivity index (χ4n) is 3.33. The molecule has 1 aliphatic heterocycles. The number of amides is 1. The molecule has 0 radical (unpaired) electrons. The molecule has 0 aromatic heterocycles. The Hall–Kier alpha value is -2.52. The zero-order valence-corrected chi connectivity index (χ0v) is 16.9. The molecular weight excluding hydrogens is 402 g/mol. The molecule has 1 atom stereocenters. The first-order valence-electron chi connectivity index (χ1n) is 9.13. The van der Waals surface area contributed by atoms with E-state index in [4.69, 9.17) is 4.74 Å². The van der Waals surface area contributed by atoms with Gasteiger partial charge in [-0.25, -0.2) is 17.2 Å². The molecule has 6 nitrogen and oxygen atoms in total. The Balaban J connectivity index is 1.80. The monoisotopic (exact) mass is 424 g/mol. The van der Waals surface area contributed by atoms with Crippen LogP contribution in [0.25, 0.3) is 0 Å². The Labute approximate surface area is 168 Å². The number of carbonyl (C=O) groups excluding carboxylic acids is 1. The van der Waals surface area contributed by atoms with E-state index < -0.39 is 33.5 Å². The van der Waals surface area contributed by atoms with Crippen LogP contribution in [0.1, 0.15) is 18.4 Å². The fraction of sp³-hybridized carbons (Fsp3) is 0.350. The molecule has 1 N–H and O–H groups in total. The van der Waals surface area contributed by atoms with Crippen molar-refractivity contribution in [3.8, 4) is 5.75 Å². The van der Waals surface area contributed by atoms with Gasteiger partial charge in [0.25, 0.3) is 0 Å². The number of ether oxygens (including phenoxy) is 1. The number of nitrogens with one attached hydrogen (secondary N) is 1. The number of aryl methyl sites for hydroxylation is 1. The lowest BCUT2D eigenvalue weighted by molar-refractivity contribution is -0.120. The minimum absolute atomic E-state index is 0.0391. The van der Waals surface area contributed by atoms with Crippen LogP contribution in [-0.2, 0) is 14.8 Å². The Kier molecular flexibility index (Phi) is 6.18. The number of methoxy groups -OCH3 is 1. The molecule has 1 aliphatic rings. The summed E-state index contributed by atoms with van der Waals surface area (Å²) in [5, 5.41) is 2.36. The van der Waals surface area contributed by atoms with Crippen molar-refractivity contribution < 1.29 is 26.7 Å². The normalized spacial score (nSPS) is 17.7. The molecule has 0 saturated carbocycles. The van der Waals surface area contributed by atoms with Gasteiger partial charge < -0.3 is 10.1 Å². The lowest BCUT2D eigenvalue weighted by atomic mass is 9.98. The number of hydrogen-bond donors (Lipinski definition) is 1. The Morgan fingerprint density at radius 3 is 2.69 bits per heavy atom. The summed E-state index contributed by atoms with van der Waals surface area (Å²) >= 11 is 0. The number of sulfonamides is 1. The maximum atomic E-state index is 13.8. The third kappa shape index (κ3) is 4.56. The van der Waals surface area contributed by atoms with Crippen molar-refractivity contribution in [3.05, 3.63) is 53.6 Å². The predicted octanol–water partition coefficient (Wildman–Crippen LogP) is 3.32. The van der Waals surface area contributed by atoms with Gasteiger partial charge in [0.2, 0.25) is 15.9 Å². The number of benzene rings is 2. The van der Waals surface area contributed by atoms with Gasteiger partial charge in [0.15, 0.2) is 0 Å². The molecule has 1 fully saturated rings. The smallest absolute Gasteiger partial charge is 0.246 e. The quantitative estimate of drug-likeness (QED) is 0.799. The van der Waals surface area contributed by atoms with Gasteiger partial charge in [-0.05, 0) is 49.6 Å². The molecule has 0 aliphatic carbocycles. The third-order valence-electron chi connectivity index (χ3n) is 4.88. The van der Waals surface area contributed by atoms with Crippen LogP contribution >= 0.6 is 0 Å². The van der Waals surface area contributed by atoms with Gasteiger partial charge in [-0.1, -0.05) is 6.07 Å². The van der Waals surface area contributed by atoms with E-state index in [-0.39, 0.29) is 29.4 Å². The topological polar surface area (TPSA) is 75.7 Å². The van der Waals surface area contributed by atoms with Crippen LogP contribution in [0.5, 0.6) is 5.75 Å². The van der Waals surface area contributed by atoms with Gasteiger partial charge in [0.05, 0.1) is 18.7 Å². The lowest BCUT2D eigenvalue weighted by Gasteiger charge is -2.31. The number of anilines is 1. The van der Waals surface area contributed by atoms with Crippen LogP contribution in [0.3, 0.4) is 0 Å². The fourth-order valence-corrected chi connectivity index (χ4v) is 5.09. The van der Waals surface area contributed by atoms with Crippen LogP contribution in [0, 0.1) is 24.5 Å². The number of carbonyl (C=O) groups is 1. The molecule has 9 heteroatoms. The highest BCUT2D eigenvalue weighted by atomic mass is 32.2. The Bertz CT molecular complexity index is 1030. The van der Waals surface area contributed by atoms with Crippen LogP contribution in [0.4, 0.5) is 14.5 Å². The molecule has 0 bridgehead atoms. The summed E-state index contributed by atoms with van der Waals surface area (Å²) < 4.78 is 59.9. The molecule has 2 aromatic carbocycles. The first-order valence-corrected chi connectivity index (χ1v) is 10.6. The van der Waals surface area contributed by atoms with Gasteiger partial charge in [-0.15, -0.1) is 0 Å². The summed E-state index contributed by atoms with van der Waals surface area (Å²) in [6.07, 6.45) is 0.914. The molecule has 1 saturated heterocycles. The highest BCUT2D eigenvalue weighted by Crippen LogP contribution is 2.31. The standard InChI is InChI=1S/C20H22F2N2O4S/c1-13-5-8-18(28-2)19(10-13)29(26,27)24-9-3-4-14(12-24)20(25)23-17-11-15(21)6-7-16(17)22/h5-8,10-11,14H,3-4,9,12H2,1-2H3,(H,23,25)/t14-/m0/s1. The average molecular weight is 424 g/mol. The van der Waals surface area contributed by atoms with E-state index >= 15 is 0 Å².